The van der Waals surface area contributed by atoms with Crippen LogP contribution in [0.15, 0.2) is 17.2 Å². The molecule has 1 saturated heterocycles. The minimum Gasteiger partial charge on any atom is -0.390 e. The molecule has 0 saturated carbocycles. The van der Waals surface area contributed by atoms with E-state index in [0.29, 0.717) is 18.7 Å². The van der Waals surface area contributed by atoms with Gasteiger partial charge in [0.05, 0.1) is 17.6 Å². The van der Waals surface area contributed by atoms with E-state index >= 15 is 0 Å². The molecular weight excluding hydrogens is 268 g/mol. The van der Waals surface area contributed by atoms with Gasteiger partial charge < -0.3 is 14.4 Å². The third-order valence-corrected chi connectivity index (χ3v) is 4.77. The smallest absolute Gasteiger partial charge is 0.242 e. The molecule has 1 atom stereocenters. The first-order chi connectivity index (χ1) is 9.03. The van der Waals surface area contributed by atoms with Gasteiger partial charge >= 0.3 is 0 Å². The van der Waals surface area contributed by atoms with E-state index in [4.69, 9.17) is 9.84 Å². The van der Waals surface area contributed by atoms with Crippen LogP contribution in [-0.2, 0) is 28.4 Å². The van der Waals surface area contributed by atoms with Gasteiger partial charge in [-0.15, -0.1) is 0 Å². The van der Waals surface area contributed by atoms with E-state index in [-0.39, 0.29) is 17.6 Å². The Hall–Kier alpha value is -0.890. The van der Waals surface area contributed by atoms with Crippen molar-refractivity contribution in [3.8, 4) is 0 Å². The van der Waals surface area contributed by atoms with Crippen LogP contribution in [0.5, 0.6) is 0 Å². The summed E-state index contributed by atoms with van der Waals surface area (Å²) in [5.74, 6) is 0. The largest absolute Gasteiger partial charge is 0.390 e. The number of nitrogens with one attached hydrogen (secondary N) is 1. The third-order valence-electron chi connectivity index (χ3n) is 3.34. The lowest BCUT2D eigenvalue weighted by Crippen LogP contribution is -2.27. The number of hydrogen-bond donors (Lipinski definition) is 2. The summed E-state index contributed by atoms with van der Waals surface area (Å²) < 4.78 is 33.7. The fraction of sp³-hybridized carbons (Fsp3) is 0.667. The van der Waals surface area contributed by atoms with Crippen molar-refractivity contribution in [1.29, 1.82) is 0 Å². The molecule has 0 amide bonds. The topological polar surface area (TPSA) is 80.6 Å². The summed E-state index contributed by atoms with van der Waals surface area (Å²) in [4.78, 5) is 0.186. The Morgan fingerprint density at radius 1 is 1.58 bits per heavy atom. The zero-order valence-corrected chi connectivity index (χ0v) is 11.8. The quantitative estimate of drug-likeness (QED) is 0.792. The molecule has 1 aliphatic heterocycles. The molecule has 2 N–H and O–H groups in total. The number of aromatic nitrogens is 1. The predicted octanol–water partition coefficient (Wildman–Crippen LogP) is 0.365. The number of aliphatic hydroxyl groups excluding tert-OH is 1. The Morgan fingerprint density at radius 3 is 2.95 bits per heavy atom. The highest BCUT2D eigenvalue weighted by Gasteiger charge is 2.19. The molecule has 108 valence electrons. The first-order valence-corrected chi connectivity index (χ1v) is 7.88. The Kier molecular flexibility index (Phi) is 4.62. The van der Waals surface area contributed by atoms with Crippen LogP contribution in [0.25, 0.3) is 0 Å². The number of nitrogens with zero attached hydrogens (tertiary/aromatic N) is 1. The molecule has 0 radical (unpaired) electrons. The number of sulfonamides is 1. The van der Waals surface area contributed by atoms with Crippen LogP contribution in [0.3, 0.4) is 0 Å². The molecule has 19 heavy (non-hydrogen) atoms. The molecule has 0 bridgehead atoms. The monoisotopic (exact) mass is 288 g/mol. The maximum atomic E-state index is 12.0. The highest BCUT2D eigenvalue weighted by molar-refractivity contribution is 7.89. The van der Waals surface area contributed by atoms with E-state index in [1.54, 1.807) is 11.6 Å². The van der Waals surface area contributed by atoms with Gasteiger partial charge in [-0.2, -0.15) is 0 Å². The number of aliphatic hydroxyl groups is 1. The summed E-state index contributed by atoms with van der Waals surface area (Å²) in [5.41, 5.74) is 0.569. The van der Waals surface area contributed by atoms with E-state index in [0.717, 1.165) is 19.4 Å². The summed E-state index contributed by atoms with van der Waals surface area (Å²) in [5, 5.41) is 9.06. The Morgan fingerprint density at radius 2 is 2.37 bits per heavy atom. The lowest BCUT2D eigenvalue weighted by Gasteiger charge is -2.09. The van der Waals surface area contributed by atoms with Gasteiger partial charge in [-0.05, 0) is 25.3 Å². The van der Waals surface area contributed by atoms with Crippen molar-refractivity contribution in [1.82, 2.24) is 9.29 Å². The normalized spacial score (nSPS) is 20.0. The molecular formula is C12H20N2O4S. The molecule has 1 unspecified atom stereocenters. The molecule has 1 aliphatic rings. The molecule has 6 nitrogen and oxygen atoms in total. The summed E-state index contributed by atoms with van der Waals surface area (Å²) >= 11 is 0. The number of hydrogen-bond acceptors (Lipinski definition) is 4. The number of rotatable bonds is 6. The first kappa shape index (κ1) is 14.5. The fourth-order valence-electron chi connectivity index (χ4n) is 2.19. The van der Waals surface area contributed by atoms with Gasteiger partial charge in [-0.3, -0.25) is 0 Å². The van der Waals surface area contributed by atoms with Crippen LogP contribution < -0.4 is 4.72 Å². The molecule has 0 aliphatic carbocycles. The van der Waals surface area contributed by atoms with Crippen molar-refractivity contribution in [2.75, 3.05) is 13.2 Å². The second-order valence-electron chi connectivity index (χ2n) is 4.76. The van der Waals surface area contributed by atoms with Crippen molar-refractivity contribution >= 4 is 10.0 Å². The highest BCUT2D eigenvalue weighted by atomic mass is 32.2. The zero-order valence-electron chi connectivity index (χ0n) is 11.0. The van der Waals surface area contributed by atoms with Gasteiger partial charge in [0.15, 0.2) is 0 Å². The van der Waals surface area contributed by atoms with Crippen LogP contribution in [0.1, 0.15) is 25.0 Å². The van der Waals surface area contributed by atoms with Gasteiger partial charge in [0.2, 0.25) is 10.0 Å². The predicted molar refractivity (Wildman–Crippen MR) is 70.1 cm³/mol. The number of ether oxygens (including phenoxy) is 1. The maximum absolute atomic E-state index is 12.0. The Bertz CT molecular complexity index is 518. The average molecular weight is 288 g/mol. The van der Waals surface area contributed by atoms with Crippen molar-refractivity contribution in [3.63, 3.8) is 0 Å². The summed E-state index contributed by atoms with van der Waals surface area (Å²) in [6.07, 6.45) is 4.42. The molecule has 2 rings (SSSR count). The number of aryl methyl sites for hydroxylation is 1. The second kappa shape index (κ2) is 6.04. The van der Waals surface area contributed by atoms with E-state index in [1.807, 2.05) is 0 Å². The van der Waals surface area contributed by atoms with Crippen molar-refractivity contribution in [3.05, 3.63) is 18.0 Å². The van der Waals surface area contributed by atoms with Gasteiger partial charge in [0, 0.05) is 32.1 Å². The first-order valence-electron chi connectivity index (χ1n) is 6.40. The minimum atomic E-state index is -3.50. The molecule has 7 heteroatoms. The fourth-order valence-corrected chi connectivity index (χ4v) is 3.33. The van der Waals surface area contributed by atoms with Crippen molar-refractivity contribution in [2.24, 2.45) is 7.05 Å². The van der Waals surface area contributed by atoms with Crippen molar-refractivity contribution in [2.45, 2.75) is 36.9 Å². The van der Waals surface area contributed by atoms with Gasteiger partial charge in [0.25, 0.3) is 0 Å². The maximum Gasteiger partial charge on any atom is 0.242 e. The van der Waals surface area contributed by atoms with Crippen LogP contribution in [-0.4, -0.2) is 37.3 Å². The van der Waals surface area contributed by atoms with Gasteiger partial charge in [-0.1, -0.05) is 0 Å². The average Bonchev–Trinajstić information content (AvgIpc) is 2.98. The summed E-state index contributed by atoms with van der Waals surface area (Å²) in [7, 11) is -1.80. The van der Waals surface area contributed by atoms with Gasteiger partial charge in [-0.25, -0.2) is 13.1 Å². The van der Waals surface area contributed by atoms with Gasteiger partial charge in [0.1, 0.15) is 0 Å². The van der Waals surface area contributed by atoms with E-state index < -0.39 is 10.0 Å². The SMILES string of the molecule is Cn1cc(S(=O)(=O)NCCC2CCCO2)cc1CO. The van der Waals surface area contributed by atoms with E-state index in [2.05, 4.69) is 4.72 Å². The van der Waals surface area contributed by atoms with Crippen LogP contribution in [0, 0.1) is 0 Å². The van der Waals surface area contributed by atoms with Crippen LogP contribution >= 0.6 is 0 Å². The molecule has 0 aromatic carbocycles. The Balaban J connectivity index is 1.93. The van der Waals surface area contributed by atoms with E-state index in [9.17, 15) is 8.42 Å². The lowest BCUT2D eigenvalue weighted by molar-refractivity contribution is 0.105. The summed E-state index contributed by atoms with van der Waals surface area (Å²) in [6.45, 7) is 0.967. The summed E-state index contributed by atoms with van der Waals surface area (Å²) in [6, 6.07) is 1.48. The Labute approximate surface area is 113 Å². The lowest BCUT2D eigenvalue weighted by atomic mass is 10.2. The third kappa shape index (κ3) is 3.56. The molecule has 1 aromatic heterocycles. The van der Waals surface area contributed by atoms with E-state index in [1.165, 1.54) is 12.3 Å². The van der Waals surface area contributed by atoms with Crippen LogP contribution in [0.2, 0.25) is 0 Å². The molecule has 1 fully saturated rings. The zero-order chi connectivity index (χ0) is 13.9. The molecule has 2 heterocycles. The van der Waals surface area contributed by atoms with Crippen molar-refractivity contribution < 1.29 is 18.3 Å². The highest BCUT2D eigenvalue weighted by Crippen LogP contribution is 2.16. The standard InChI is InChI=1S/C12H20N2O4S/c1-14-8-12(7-10(14)9-15)19(16,17)13-5-4-11-3-2-6-18-11/h7-8,11,13,15H,2-6,9H2,1H3. The molecule has 0 spiro atoms. The van der Waals surface area contributed by atoms with Crippen LogP contribution in [0.4, 0.5) is 0 Å². The minimum absolute atomic E-state index is 0.173. The second-order valence-corrected chi connectivity index (χ2v) is 6.52. The molecule has 1 aromatic rings.